The number of methoxy groups -OCH3 is 1. The summed E-state index contributed by atoms with van der Waals surface area (Å²) in [6.45, 7) is 0. The number of halogens is 1. The second-order valence-corrected chi connectivity index (χ2v) is 3.66. The van der Waals surface area contributed by atoms with Crippen molar-refractivity contribution in [1.29, 1.82) is 0 Å². The Morgan fingerprint density at radius 1 is 1.57 bits per heavy atom. The Morgan fingerprint density at radius 2 is 2.29 bits per heavy atom. The standard InChI is InChI=1S/C10H12BrNO2/c1-12-10(13)5-7-3-4-8(14-2)6-9(7)11/h3-4,6H,5H2,1-2H3,(H,12,13). The van der Waals surface area contributed by atoms with E-state index in [-0.39, 0.29) is 5.91 Å². The van der Waals surface area contributed by atoms with E-state index >= 15 is 0 Å². The van der Waals surface area contributed by atoms with Gasteiger partial charge in [0.15, 0.2) is 0 Å². The van der Waals surface area contributed by atoms with E-state index in [1.54, 1.807) is 14.2 Å². The molecule has 0 aliphatic heterocycles. The van der Waals surface area contributed by atoms with Gasteiger partial charge in [0.1, 0.15) is 5.75 Å². The topological polar surface area (TPSA) is 38.3 Å². The van der Waals surface area contributed by atoms with Gasteiger partial charge in [0.05, 0.1) is 13.5 Å². The van der Waals surface area contributed by atoms with Crippen LogP contribution in [0.2, 0.25) is 0 Å². The van der Waals surface area contributed by atoms with Crippen LogP contribution < -0.4 is 10.1 Å². The van der Waals surface area contributed by atoms with Crippen LogP contribution in [0.25, 0.3) is 0 Å². The van der Waals surface area contributed by atoms with Crippen LogP contribution in [-0.2, 0) is 11.2 Å². The largest absolute Gasteiger partial charge is 0.497 e. The first-order chi connectivity index (χ1) is 6.67. The van der Waals surface area contributed by atoms with Gasteiger partial charge >= 0.3 is 0 Å². The SMILES string of the molecule is CNC(=O)Cc1ccc(OC)cc1Br. The highest BCUT2D eigenvalue weighted by atomic mass is 79.9. The second-order valence-electron chi connectivity index (χ2n) is 2.81. The third-order valence-corrected chi connectivity index (χ3v) is 2.63. The van der Waals surface area contributed by atoms with Crippen LogP contribution in [0.4, 0.5) is 0 Å². The maximum atomic E-state index is 11.1. The summed E-state index contributed by atoms with van der Waals surface area (Å²) in [6.07, 6.45) is 0.376. The number of ether oxygens (including phenoxy) is 1. The lowest BCUT2D eigenvalue weighted by Gasteiger charge is -2.05. The Labute approximate surface area is 91.6 Å². The Balaban J connectivity index is 2.83. The van der Waals surface area contributed by atoms with Crippen molar-refractivity contribution in [3.8, 4) is 5.75 Å². The Morgan fingerprint density at radius 3 is 2.79 bits per heavy atom. The number of carbonyl (C=O) groups is 1. The third-order valence-electron chi connectivity index (χ3n) is 1.89. The highest BCUT2D eigenvalue weighted by molar-refractivity contribution is 9.10. The van der Waals surface area contributed by atoms with Crippen molar-refractivity contribution in [2.45, 2.75) is 6.42 Å². The van der Waals surface area contributed by atoms with Crippen molar-refractivity contribution in [1.82, 2.24) is 5.32 Å². The van der Waals surface area contributed by atoms with Crippen molar-refractivity contribution in [3.63, 3.8) is 0 Å². The molecule has 1 aromatic carbocycles. The fourth-order valence-electron chi connectivity index (χ4n) is 1.06. The van der Waals surface area contributed by atoms with Crippen LogP contribution in [0.15, 0.2) is 22.7 Å². The van der Waals surface area contributed by atoms with E-state index in [1.807, 2.05) is 18.2 Å². The van der Waals surface area contributed by atoms with Gasteiger partial charge in [0.25, 0.3) is 0 Å². The van der Waals surface area contributed by atoms with E-state index < -0.39 is 0 Å². The van der Waals surface area contributed by atoms with Crippen molar-refractivity contribution in [2.24, 2.45) is 0 Å². The number of rotatable bonds is 3. The zero-order chi connectivity index (χ0) is 10.6. The van der Waals surface area contributed by atoms with Crippen molar-refractivity contribution in [3.05, 3.63) is 28.2 Å². The molecule has 0 fully saturated rings. The first-order valence-electron chi connectivity index (χ1n) is 4.20. The number of carbonyl (C=O) groups excluding carboxylic acids is 1. The maximum absolute atomic E-state index is 11.1. The molecule has 1 amide bonds. The molecule has 3 nitrogen and oxygen atoms in total. The molecule has 0 atom stereocenters. The Hall–Kier alpha value is -1.03. The Kier molecular flexibility index (Phi) is 3.95. The van der Waals surface area contributed by atoms with Gasteiger partial charge in [-0.2, -0.15) is 0 Å². The highest BCUT2D eigenvalue weighted by Gasteiger charge is 2.05. The third kappa shape index (κ3) is 2.73. The predicted octanol–water partition coefficient (Wildman–Crippen LogP) is 1.75. The molecule has 0 saturated heterocycles. The number of hydrogen-bond donors (Lipinski definition) is 1. The minimum Gasteiger partial charge on any atom is -0.497 e. The molecule has 0 aliphatic carbocycles. The average molecular weight is 258 g/mol. The normalized spacial score (nSPS) is 9.64. The summed E-state index contributed by atoms with van der Waals surface area (Å²) in [7, 11) is 3.24. The van der Waals surface area contributed by atoms with E-state index in [9.17, 15) is 4.79 Å². The van der Waals surface area contributed by atoms with Gasteiger partial charge in [-0.1, -0.05) is 22.0 Å². The monoisotopic (exact) mass is 257 g/mol. The zero-order valence-corrected chi connectivity index (χ0v) is 9.72. The lowest BCUT2D eigenvalue weighted by Crippen LogP contribution is -2.20. The lowest BCUT2D eigenvalue weighted by molar-refractivity contribution is -0.119. The molecule has 14 heavy (non-hydrogen) atoms. The van der Waals surface area contributed by atoms with Gasteiger partial charge in [-0.3, -0.25) is 4.79 Å². The van der Waals surface area contributed by atoms with E-state index in [0.717, 1.165) is 15.8 Å². The maximum Gasteiger partial charge on any atom is 0.224 e. The molecule has 0 bridgehead atoms. The number of likely N-dealkylation sites (N-methyl/N-ethyl adjacent to an activating group) is 1. The highest BCUT2D eigenvalue weighted by Crippen LogP contribution is 2.23. The van der Waals surface area contributed by atoms with Crippen molar-refractivity contribution >= 4 is 21.8 Å². The van der Waals surface area contributed by atoms with Crippen LogP contribution in [0.5, 0.6) is 5.75 Å². The molecule has 0 heterocycles. The van der Waals surface area contributed by atoms with E-state index in [1.165, 1.54) is 0 Å². The van der Waals surface area contributed by atoms with Gasteiger partial charge in [-0.15, -0.1) is 0 Å². The second kappa shape index (κ2) is 5.00. The molecule has 76 valence electrons. The molecule has 0 saturated carbocycles. The molecule has 1 rings (SSSR count). The number of benzene rings is 1. The quantitative estimate of drug-likeness (QED) is 0.896. The minimum absolute atomic E-state index is 0.00383. The summed E-state index contributed by atoms with van der Waals surface area (Å²) < 4.78 is 5.94. The molecule has 1 N–H and O–H groups in total. The average Bonchev–Trinajstić information content (AvgIpc) is 2.20. The first-order valence-corrected chi connectivity index (χ1v) is 4.99. The molecule has 0 spiro atoms. The molecular weight excluding hydrogens is 246 g/mol. The first kappa shape index (κ1) is 11.0. The molecular formula is C10H12BrNO2. The van der Waals surface area contributed by atoms with Crippen molar-refractivity contribution < 1.29 is 9.53 Å². The number of hydrogen-bond acceptors (Lipinski definition) is 2. The van der Waals surface area contributed by atoms with Crippen LogP contribution in [0.1, 0.15) is 5.56 Å². The molecule has 4 heteroatoms. The van der Waals surface area contributed by atoms with E-state index in [2.05, 4.69) is 21.2 Å². The molecule has 0 radical (unpaired) electrons. The summed E-state index contributed by atoms with van der Waals surface area (Å²) in [6, 6.07) is 5.56. The molecule has 0 aliphatic rings. The fraction of sp³-hybridized carbons (Fsp3) is 0.300. The summed E-state index contributed by atoms with van der Waals surface area (Å²) in [4.78, 5) is 11.1. The molecule has 1 aromatic rings. The van der Waals surface area contributed by atoms with E-state index in [0.29, 0.717) is 6.42 Å². The van der Waals surface area contributed by atoms with Crippen LogP contribution >= 0.6 is 15.9 Å². The van der Waals surface area contributed by atoms with Gasteiger partial charge in [0.2, 0.25) is 5.91 Å². The van der Waals surface area contributed by atoms with Crippen LogP contribution in [0, 0.1) is 0 Å². The molecule has 0 aromatic heterocycles. The predicted molar refractivity (Wildman–Crippen MR) is 58.5 cm³/mol. The van der Waals surface area contributed by atoms with Gasteiger partial charge in [0, 0.05) is 11.5 Å². The molecule has 0 unspecified atom stereocenters. The smallest absolute Gasteiger partial charge is 0.224 e. The Bertz CT molecular complexity index is 339. The van der Waals surface area contributed by atoms with Crippen molar-refractivity contribution in [2.75, 3.05) is 14.2 Å². The van der Waals surface area contributed by atoms with Gasteiger partial charge in [-0.05, 0) is 17.7 Å². The lowest BCUT2D eigenvalue weighted by atomic mass is 10.1. The van der Waals surface area contributed by atoms with Crippen LogP contribution in [-0.4, -0.2) is 20.1 Å². The summed E-state index contributed by atoms with van der Waals surface area (Å²) in [5, 5.41) is 2.58. The number of nitrogens with one attached hydrogen (secondary N) is 1. The summed E-state index contributed by atoms with van der Waals surface area (Å²) in [5.41, 5.74) is 0.949. The van der Waals surface area contributed by atoms with E-state index in [4.69, 9.17) is 4.74 Å². The zero-order valence-electron chi connectivity index (χ0n) is 8.13. The number of amides is 1. The van der Waals surface area contributed by atoms with Crippen LogP contribution in [0.3, 0.4) is 0 Å². The van der Waals surface area contributed by atoms with Gasteiger partial charge < -0.3 is 10.1 Å². The summed E-state index contributed by atoms with van der Waals surface area (Å²) in [5.74, 6) is 0.772. The summed E-state index contributed by atoms with van der Waals surface area (Å²) >= 11 is 3.39. The fourth-order valence-corrected chi connectivity index (χ4v) is 1.56. The minimum atomic E-state index is -0.00383. The van der Waals surface area contributed by atoms with Gasteiger partial charge in [-0.25, -0.2) is 0 Å².